The Morgan fingerprint density at radius 2 is 1.83 bits per heavy atom. The highest BCUT2D eigenvalue weighted by Gasteiger charge is 2.22. The molecule has 0 radical (unpaired) electrons. The van der Waals surface area contributed by atoms with Crippen LogP contribution in [0.25, 0.3) is 0 Å². The number of likely N-dealkylation sites (N-methyl/N-ethyl adjacent to an activating group) is 1. The molecule has 0 fully saturated rings. The zero-order chi connectivity index (χ0) is 17.7. The first-order valence-corrected chi connectivity index (χ1v) is 8.26. The first-order chi connectivity index (χ1) is 11.2. The van der Waals surface area contributed by atoms with E-state index in [1.165, 1.54) is 12.1 Å². The van der Waals surface area contributed by atoms with E-state index in [1.807, 2.05) is 33.2 Å². The number of hydrogen-bond donors (Lipinski definition) is 1. The maximum absolute atomic E-state index is 13.0. The predicted molar refractivity (Wildman–Crippen MR) is 94.8 cm³/mol. The molecule has 24 heavy (non-hydrogen) atoms. The largest absolute Gasteiger partial charge is 0.490 e. The molecular weight excluding hydrogens is 329 g/mol. The summed E-state index contributed by atoms with van der Waals surface area (Å²) in [4.78, 5) is 0. The molecule has 0 aromatic heterocycles. The molecule has 1 atom stereocenters. The van der Waals surface area contributed by atoms with E-state index in [0.717, 1.165) is 16.9 Å². The van der Waals surface area contributed by atoms with Gasteiger partial charge in [-0.3, -0.25) is 0 Å². The highest BCUT2D eigenvalue weighted by Crippen LogP contribution is 2.22. The summed E-state index contributed by atoms with van der Waals surface area (Å²) in [6.07, 6.45) is -0.601. The van der Waals surface area contributed by atoms with Gasteiger partial charge >= 0.3 is 0 Å². The van der Waals surface area contributed by atoms with Crippen molar-refractivity contribution in [2.24, 2.45) is 0 Å². The molecule has 0 saturated heterocycles. The van der Waals surface area contributed by atoms with Gasteiger partial charge in [-0.15, -0.1) is 0 Å². The van der Waals surface area contributed by atoms with Crippen LogP contribution in [0, 0.1) is 12.7 Å². The minimum Gasteiger partial charge on any atom is -0.490 e. The van der Waals surface area contributed by atoms with Gasteiger partial charge in [0, 0.05) is 10.6 Å². The van der Waals surface area contributed by atoms with Crippen LogP contribution in [0.1, 0.15) is 11.1 Å². The van der Waals surface area contributed by atoms with Crippen LogP contribution in [0.15, 0.2) is 42.5 Å². The molecular formula is C19H24ClFNO2+. The van der Waals surface area contributed by atoms with Gasteiger partial charge in [-0.05, 0) is 42.8 Å². The standard InChI is InChI=1S/C19H24ClFNO2/c1-14-10-16(20)6-9-19(14)24-13-18(23)12-22(2,3)11-15-4-7-17(21)8-5-15/h4-10,18,23H,11-13H2,1-3H3/q+1. The fourth-order valence-corrected chi connectivity index (χ4v) is 2.96. The van der Waals surface area contributed by atoms with Crippen molar-refractivity contribution in [3.8, 4) is 5.75 Å². The summed E-state index contributed by atoms with van der Waals surface area (Å²) < 4.78 is 19.3. The first-order valence-electron chi connectivity index (χ1n) is 7.89. The minimum absolute atomic E-state index is 0.216. The molecule has 5 heteroatoms. The molecule has 2 aromatic rings. The number of aryl methyl sites for hydroxylation is 1. The number of rotatable bonds is 7. The average molecular weight is 353 g/mol. The van der Waals surface area contributed by atoms with Crippen LogP contribution >= 0.6 is 11.6 Å². The second-order valence-electron chi connectivity index (χ2n) is 6.78. The predicted octanol–water partition coefficient (Wildman–Crippen LogP) is 3.80. The Labute approximate surface area is 147 Å². The van der Waals surface area contributed by atoms with E-state index in [2.05, 4.69) is 0 Å². The molecule has 2 aromatic carbocycles. The lowest BCUT2D eigenvalue weighted by Gasteiger charge is -2.32. The number of nitrogens with zero attached hydrogens (tertiary/aromatic N) is 1. The van der Waals surface area contributed by atoms with Crippen molar-refractivity contribution in [1.82, 2.24) is 0 Å². The van der Waals surface area contributed by atoms with Gasteiger partial charge in [-0.2, -0.15) is 0 Å². The fourth-order valence-electron chi connectivity index (χ4n) is 2.73. The highest BCUT2D eigenvalue weighted by atomic mass is 35.5. The van der Waals surface area contributed by atoms with Gasteiger partial charge in [0.25, 0.3) is 0 Å². The molecule has 0 aliphatic rings. The zero-order valence-corrected chi connectivity index (χ0v) is 15.1. The quantitative estimate of drug-likeness (QED) is 0.768. The number of ether oxygens (including phenoxy) is 1. The van der Waals surface area contributed by atoms with Crippen molar-refractivity contribution >= 4 is 11.6 Å². The van der Waals surface area contributed by atoms with E-state index in [4.69, 9.17) is 16.3 Å². The Morgan fingerprint density at radius 3 is 2.46 bits per heavy atom. The average Bonchev–Trinajstić information content (AvgIpc) is 2.48. The van der Waals surface area contributed by atoms with Crippen molar-refractivity contribution < 1.29 is 18.7 Å². The highest BCUT2D eigenvalue weighted by molar-refractivity contribution is 6.30. The molecule has 0 spiro atoms. The van der Waals surface area contributed by atoms with E-state index in [9.17, 15) is 9.50 Å². The Bertz CT molecular complexity index is 674. The summed E-state index contributed by atoms with van der Waals surface area (Å²) in [5.74, 6) is 0.484. The number of benzene rings is 2. The van der Waals surface area contributed by atoms with Gasteiger partial charge in [0.15, 0.2) is 0 Å². The summed E-state index contributed by atoms with van der Waals surface area (Å²) in [5.41, 5.74) is 1.97. The van der Waals surface area contributed by atoms with E-state index in [0.29, 0.717) is 22.6 Å². The van der Waals surface area contributed by atoms with Gasteiger partial charge in [-0.1, -0.05) is 23.7 Å². The van der Waals surface area contributed by atoms with Gasteiger partial charge in [0.1, 0.15) is 37.4 Å². The summed E-state index contributed by atoms with van der Waals surface area (Å²) >= 11 is 5.92. The van der Waals surface area contributed by atoms with Gasteiger partial charge < -0.3 is 14.3 Å². The molecule has 0 aliphatic heterocycles. The van der Waals surface area contributed by atoms with Crippen molar-refractivity contribution in [1.29, 1.82) is 0 Å². The molecule has 1 unspecified atom stereocenters. The third-order valence-corrected chi connectivity index (χ3v) is 4.03. The minimum atomic E-state index is -0.601. The second kappa shape index (κ2) is 7.97. The second-order valence-corrected chi connectivity index (χ2v) is 7.21. The van der Waals surface area contributed by atoms with Crippen LogP contribution < -0.4 is 4.74 Å². The van der Waals surface area contributed by atoms with Crippen LogP contribution in [0.3, 0.4) is 0 Å². The van der Waals surface area contributed by atoms with Crippen LogP contribution in [0.5, 0.6) is 5.75 Å². The molecule has 1 N–H and O–H groups in total. The summed E-state index contributed by atoms with van der Waals surface area (Å²) in [5, 5.41) is 11.0. The molecule has 0 aliphatic carbocycles. The molecule has 130 valence electrons. The summed E-state index contributed by atoms with van der Waals surface area (Å²) in [6, 6.07) is 11.9. The summed E-state index contributed by atoms with van der Waals surface area (Å²) in [7, 11) is 4.06. The van der Waals surface area contributed by atoms with Gasteiger partial charge in [0.2, 0.25) is 0 Å². The van der Waals surface area contributed by atoms with Gasteiger partial charge in [-0.25, -0.2) is 4.39 Å². The smallest absolute Gasteiger partial charge is 0.137 e. The first kappa shape index (κ1) is 18.7. The van der Waals surface area contributed by atoms with Crippen LogP contribution in [0.4, 0.5) is 4.39 Å². The maximum atomic E-state index is 13.0. The molecule has 0 bridgehead atoms. The molecule has 0 saturated carbocycles. The van der Waals surface area contributed by atoms with Crippen LogP contribution in [-0.2, 0) is 6.54 Å². The lowest BCUT2D eigenvalue weighted by Crippen LogP contribution is -2.46. The van der Waals surface area contributed by atoms with E-state index < -0.39 is 6.10 Å². The van der Waals surface area contributed by atoms with Crippen molar-refractivity contribution in [2.75, 3.05) is 27.2 Å². The Balaban J connectivity index is 1.87. The lowest BCUT2D eigenvalue weighted by molar-refractivity contribution is -0.906. The fraction of sp³-hybridized carbons (Fsp3) is 0.368. The number of hydrogen-bond acceptors (Lipinski definition) is 2. The molecule has 2 rings (SSSR count). The topological polar surface area (TPSA) is 29.5 Å². The van der Waals surface area contributed by atoms with Crippen LogP contribution in [0.2, 0.25) is 5.02 Å². The van der Waals surface area contributed by atoms with E-state index in [1.54, 1.807) is 18.2 Å². The van der Waals surface area contributed by atoms with Crippen molar-refractivity contribution in [3.63, 3.8) is 0 Å². The number of halogens is 2. The molecule has 0 amide bonds. The van der Waals surface area contributed by atoms with Crippen LogP contribution in [-0.4, -0.2) is 42.9 Å². The zero-order valence-electron chi connectivity index (χ0n) is 14.3. The maximum Gasteiger partial charge on any atom is 0.137 e. The SMILES string of the molecule is Cc1cc(Cl)ccc1OCC(O)C[N+](C)(C)Cc1ccc(F)cc1. The van der Waals surface area contributed by atoms with Crippen molar-refractivity contribution in [3.05, 3.63) is 64.4 Å². The monoisotopic (exact) mass is 352 g/mol. The number of aliphatic hydroxyl groups excluding tert-OH is 1. The summed E-state index contributed by atoms with van der Waals surface area (Å²) in [6.45, 7) is 3.37. The Morgan fingerprint density at radius 1 is 1.17 bits per heavy atom. The number of aliphatic hydroxyl groups is 1. The molecule has 3 nitrogen and oxygen atoms in total. The lowest BCUT2D eigenvalue weighted by atomic mass is 10.2. The normalized spacial score (nSPS) is 12.9. The van der Waals surface area contributed by atoms with Gasteiger partial charge in [0.05, 0.1) is 14.1 Å². The van der Waals surface area contributed by atoms with Crippen molar-refractivity contribution in [2.45, 2.75) is 19.6 Å². The van der Waals surface area contributed by atoms with E-state index in [-0.39, 0.29) is 12.4 Å². The Kier molecular flexibility index (Phi) is 6.21. The third-order valence-electron chi connectivity index (χ3n) is 3.80. The third kappa shape index (κ3) is 5.78. The number of quaternary nitrogens is 1. The Hall–Kier alpha value is -1.62. The van der Waals surface area contributed by atoms with E-state index >= 15 is 0 Å². The molecule has 0 heterocycles.